The predicted octanol–water partition coefficient (Wildman–Crippen LogP) is 2.62. The van der Waals surface area contributed by atoms with E-state index in [4.69, 9.17) is 0 Å². The third kappa shape index (κ3) is 3.07. The second-order valence-corrected chi connectivity index (χ2v) is 6.44. The Morgan fingerprint density at radius 2 is 2.27 bits per heavy atom. The molecule has 6 nitrogen and oxygen atoms in total. The number of fused-ring (bicyclic) bond motifs is 1. The van der Waals surface area contributed by atoms with Gasteiger partial charge in [-0.25, -0.2) is 9.97 Å². The zero-order valence-electron chi connectivity index (χ0n) is 11.5. The molecule has 1 aromatic carbocycles. The normalized spacial score (nSPS) is 10.8. The second kappa shape index (κ2) is 5.98. The van der Waals surface area contributed by atoms with Gasteiger partial charge in [-0.05, 0) is 18.2 Å². The number of carbonyl (C=O) groups excluding carboxylic acids is 1. The van der Waals surface area contributed by atoms with Crippen LogP contribution in [-0.2, 0) is 11.3 Å². The van der Waals surface area contributed by atoms with Crippen LogP contribution in [-0.4, -0.2) is 20.4 Å². The molecule has 0 aliphatic heterocycles. The molecule has 3 rings (SSSR count). The van der Waals surface area contributed by atoms with E-state index in [1.807, 2.05) is 11.4 Å². The van der Waals surface area contributed by atoms with Gasteiger partial charge in [0.05, 0.1) is 29.5 Å². The first kappa shape index (κ1) is 14.9. The van der Waals surface area contributed by atoms with E-state index in [2.05, 4.69) is 31.2 Å². The van der Waals surface area contributed by atoms with Crippen LogP contribution in [0.5, 0.6) is 0 Å². The summed E-state index contributed by atoms with van der Waals surface area (Å²) in [7, 11) is 0. The molecule has 1 amide bonds. The molecule has 0 saturated heterocycles. The summed E-state index contributed by atoms with van der Waals surface area (Å²) in [6.07, 6.45) is 1.51. The first-order valence-electron chi connectivity index (χ1n) is 6.39. The summed E-state index contributed by atoms with van der Waals surface area (Å²) in [6.45, 7) is 1.74. The summed E-state index contributed by atoms with van der Waals surface area (Å²) >= 11 is 4.68. The maximum Gasteiger partial charge on any atom is 0.261 e. The van der Waals surface area contributed by atoms with Crippen LogP contribution in [0.4, 0.5) is 5.13 Å². The van der Waals surface area contributed by atoms with Gasteiger partial charge in [0.1, 0.15) is 0 Å². The summed E-state index contributed by atoms with van der Waals surface area (Å²) in [5.41, 5.74) is 1.23. The van der Waals surface area contributed by atoms with Gasteiger partial charge >= 0.3 is 0 Å². The number of benzene rings is 1. The van der Waals surface area contributed by atoms with Gasteiger partial charge in [0.15, 0.2) is 5.13 Å². The lowest BCUT2D eigenvalue weighted by molar-refractivity contribution is -0.114. The summed E-state index contributed by atoms with van der Waals surface area (Å²) < 4.78 is 2.33. The summed E-state index contributed by atoms with van der Waals surface area (Å²) in [6, 6.07) is 5.40. The van der Waals surface area contributed by atoms with E-state index in [1.165, 1.54) is 29.2 Å². The fourth-order valence-electron chi connectivity index (χ4n) is 2.01. The predicted molar refractivity (Wildman–Crippen MR) is 89.2 cm³/mol. The average Bonchev–Trinajstić information content (AvgIpc) is 2.89. The molecule has 0 unspecified atom stereocenters. The van der Waals surface area contributed by atoms with E-state index in [-0.39, 0.29) is 11.5 Å². The van der Waals surface area contributed by atoms with E-state index >= 15 is 0 Å². The Kier molecular flexibility index (Phi) is 4.04. The minimum absolute atomic E-state index is 0.125. The molecule has 22 heavy (non-hydrogen) atoms. The molecule has 0 fully saturated rings. The number of nitrogens with one attached hydrogen (secondary N) is 1. The van der Waals surface area contributed by atoms with Crippen LogP contribution in [0.2, 0.25) is 0 Å². The third-order valence-electron chi connectivity index (χ3n) is 2.95. The standard InChI is InChI=1S/C14H11BrN4O2S/c1-8(20)17-14-18-10(6-22-14)5-19-7-16-12-3-2-9(15)4-11(12)13(19)21/h2-4,6-7H,5H2,1H3,(H,17,18,20). The number of carbonyl (C=O) groups is 1. The Hall–Kier alpha value is -2.06. The van der Waals surface area contributed by atoms with Gasteiger partial charge in [0, 0.05) is 16.8 Å². The Labute approximate surface area is 138 Å². The number of nitrogens with zero attached hydrogens (tertiary/aromatic N) is 3. The topological polar surface area (TPSA) is 76.9 Å². The zero-order chi connectivity index (χ0) is 15.7. The molecule has 112 valence electrons. The molecule has 8 heteroatoms. The molecule has 0 aliphatic carbocycles. The molecule has 2 aromatic heterocycles. The minimum Gasteiger partial charge on any atom is -0.302 e. The quantitative estimate of drug-likeness (QED) is 0.759. The number of rotatable bonds is 3. The Morgan fingerprint density at radius 1 is 1.45 bits per heavy atom. The van der Waals surface area contributed by atoms with Crippen molar-refractivity contribution in [3.05, 3.63) is 50.4 Å². The SMILES string of the molecule is CC(=O)Nc1nc(Cn2cnc3ccc(Br)cc3c2=O)cs1. The molecular weight excluding hydrogens is 368 g/mol. The molecule has 0 bridgehead atoms. The van der Waals surface area contributed by atoms with Crippen LogP contribution in [0.3, 0.4) is 0 Å². The van der Waals surface area contributed by atoms with Gasteiger partial charge in [-0.2, -0.15) is 0 Å². The van der Waals surface area contributed by atoms with Crippen molar-refractivity contribution in [1.82, 2.24) is 14.5 Å². The van der Waals surface area contributed by atoms with E-state index < -0.39 is 0 Å². The first-order valence-corrected chi connectivity index (χ1v) is 8.07. The highest BCUT2D eigenvalue weighted by Crippen LogP contribution is 2.17. The van der Waals surface area contributed by atoms with Crippen molar-refractivity contribution in [3.8, 4) is 0 Å². The van der Waals surface area contributed by atoms with Crippen LogP contribution in [0.15, 0.2) is 39.2 Å². The lowest BCUT2D eigenvalue weighted by Gasteiger charge is -2.05. The second-order valence-electron chi connectivity index (χ2n) is 4.66. The van der Waals surface area contributed by atoms with E-state index in [1.54, 1.807) is 12.1 Å². The van der Waals surface area contributed by atoms with Gasteiger partial charge in [-0.3, -0.25) is 14.2 Å². The zero-order valence-corrected chi connectivity index (χ0v) is 13.9. The molecule has 1 N–H and O–H groups in total. The fourth-order valence-corrected chi connectivity index (χ4v) is 3.11. The third-order valence-corrected chi connectivity index (χ3v) is 4.25. The lowest BCUT2D eigenvalue weighted by atomic mass is 10.2. The molecule has 0 atom stereocenters. The van der Waals surface area contributed by atoms with Crippen molar-refractivity contribution < 1.29 is 4.79 Å². The van der Waals surface area contributed by atoms with Crippen molar-refractivity contribution >= 4 is 49.2 Å². The number of hydrogen-bond donors (Lipinski definition) is 1. The fraction of sp³-hybridized carbons (Fsp3) is 0.143. The molecular formula is C14H11BrN4O2S. The van der Waals surface area contributed by atoms with Crippen LogP contribution >= 0.6 is 27.3 Å². The highest BCUT2D eigenvalue weighted by molar-refractivity contribution is 9.10. The number of thiazole rings is 1. The number of anilines is 1. The minimum atomic E-state index is -0.171. The summed E-state index contributed by atoms with van der Waals surface area (Å²) in [5, 5.41) is 5.50. The van der Waals surface area contributed by atoms with E-state index in [0.29, 0.717) is 28.3 Å². The van der Waals surface area contributed by atoms with Gasteiger partial charge in [-0.1, -0.05) is 15.9 Å². The Bertz CT molecular complexity index is 919. The number of aromatic nitrogens is 3. The average molecular weight is 379 g/mol. The largest absolute Gasteiger partial charge is 0.302 e. The number of halogens is 1. The molecule has 3 aromatic rings. The van der Waals surface area contributed by atoms with Crippen LogP contribution in [0.25, 0.3) is 10.9 Å². The van der Waals surface area contributed by atoms with E-state index in [0.717, 1.165) is 4.47 Å². The van der Waals surface area contributed by atoms with Crippen LogP contribution in [0, 0.1) is 0 Å². The molecule has 0 spiro atoms. The Morgan fingerprint density at radius 3 is 3.05 bits per heavy atom. The smallest absolute Gasteiger partial charge is 0.261 e. The number of hydrogen-bond acceptors (Lipinski definition) is 5. The van der Waals surface area contributed by atoms with Crippen LogP contribution < -0.4 is 10.9 Å². The van der Waals surface area contributed by atoms with Crippen molar-refractivity contribution in [2.45, 2.75) is 13.5 Å². The molecule has 0 saturated carbocycles. The maximum atomic E-state index is 12.5. The highest BCUT2D eigenvalue weighted by atomic mass is 79.9. The monoisotopic (exact) mass is 378 g/mol. The molecule has 0 radical (unpaired) electrons. The lowest BCUT2D eigenvalue weighted by Crippen LogP contribution is -2.21. The van der Waals surface area contributed by atoms with E-state index in [9.17, 15) is 9.59 Å². The van der Waals surface area contributed by atoms with Gasteiger partial charge < -0.3 is 5.32 Å². The maximum absolute atomic E-state index is 12.5. The van der Waals surface area contributed by atoms with Crippen molar-refractivity contribution in [2.75, 3.05) is 5.32 Å². The Balaban J connectivity index is 1.94. The molecule has 0 aliphatic rings. The van der Waals surface area contributed by atoms with Crippen LogP contribution in [0.1, 0.15) is 12.6 Å². The number of amides is 1. The highest BCUT2D eigenvalue weighted by Gasteiger charge is 2.08. The van der Waals surface area contributed by atoms with Gasteiger partial charge in [0.25, 0.3) is 5.56 Å². The van der Waals surface area contributed by atoms with Crippen molar-refractivity contribution in [2.24, 2.45) is 0 Å². The van der Waals surface area contributed by atoms with Crippen molar-refractivity contribution in [1.29, 1.82) is 0 Å². The first-order chi connectivity index (χ1) is 10.5. The van der Waals surface area contributed by atoms with Gasteiger partial charge in [0.2, 0.25) is 5.91 Å². The van der Waals surface area contributed by atoms with Gasteiger partial charge in [-0.15, -0.1) is 11.3 Å². The molecule has 2 heterocycles. The van der Waals surface area contributed by atoms with Crippen molar-refractivity contribution in [3.63, 3.8) is 0 Å². The summed E-state index contributed by atoms with van der Waals surface area (Å²) in [4.78, 5) is 32.0. The summed E-state index contributed by atoms with van der Waals surface area (Å²) in [5.74, 6) is -0.171.